The molecule has 0 fully saturated rings. The molecule has 1 nitrogen and oxygen atoms in total. The van der Waals surface area contributed by atoms with Crippen LogP contribution in [0.15, 0.2) is 25.0 Å². The van der Waals surface area contributed by atoms with Gasteiger partial charge < -0.3 is 0 Å². The lowest BCUT2D eigenvalue weighted by Gasteiger charge is -2.01. The van der Waals surface area contributed by atoms with Crippen molar-refractivity contribution in [3.05, 3.63) is 36.2 Å². The topological polar surface area (TPSA) is 12.9 Å². The lowest BCUT2D eigenvalue weighted by Crippen LogP contribution is -1.84. The highest BCUT2D eigenvalue weighted by atomic mass is 14.6. The van der Waals surface area contributed by atoms with Gasteiger partial charge in [0.15, 0.2) is 0 Å². The van der Waals surface area contributed by atoms with Gasteiger partial charge in [0, 0.05) is 12.4 Å². The van der Waals surface area contributed by atoms with Crippen LogP contribution in [-0.4, -0.2) is 4.98 Å². The second-order valence-corrected chi connectivity index (χ2v) is 2.47. The van der Waals surface area contributed by atoms with Crippen LogP contribution in [0.1, 0.15) is 31.9 Å². The molecule has 1 aromatic rings. The number of hydrogen-bond acceptors (Lipinski definition) is 1. The van der Waals surface area contributed by atoms with Crippen LogP contribution in [0.4, 0.5) is 0 Å². The third kappa shape index (κ3) is 2.87. The first-order valence-electron chi connectivity index (χ1n) is 4.28. The van der Waals surface area contributed by atoms with Crippen molar-refractivity contribution >= 4 is 5.57 Å². The molecule has 0 saturated heterocycles. The fraction of sp³-hybridized carbons (Fsp3) is 0.364. The summed E-state index contributed by atoms with van der Waals surface area (Å²) < 4.78 is 0. The number of pyridine rings is 1. The zero-order chi connectivity index (χ0) is 9.56. The van der Waals surface area contributed by atoms with E-state index in [9.17, 15) is 0 Å². The van der Waals surface area contributed by atoms with Gasteiger partial charge in [-0.3, -0.25) is 4.98 Å². The minimum absolute atomic E-state index is 1.10. The van der Waals surface area contributed by atoms with Gasteiger partial charge in [-0.15, -0.1) is 0 Å². The molecule has 0 bridgehead atoms. The Hall–Kier alpha value is -1.11. The molecule has 0 radical (unpaired) electrons. The van der Waals surface area contributed by atoms with E-state index in [1.807, 2.05) is 40.0 Å². The Morgan fingerprint density at radius 3 is 2.33 bits per heavy atom. The lowest BCUT2D eigenvalue weighted by atomic mass is 10.1. The van der Waals surface area contributed by atoms with Gasteiger partial charge >= 0.3 is 0 Å². The Labute approximate surface area is 75.2 Å². The third-order valence-electron chi connectivity index (χ3n) is 1.48. The maximum Gasteiger partial charge on any atom is 0.0303 e. The SMILES string of the molecule is C=C(C)c1ccncc1C.CC. The van der Waals surface area contributed by atoms with Gasteiger partial charge in [0.25, 0.3) is 0 Å². The van der Waals surface area contributed by atoms with E-state index in [1.54, 1.807) is 6.20 Å². The molecule has 0 aliphatic rings. The van der Waals surface area contributed by atoms with E-state index in [-0.39, 0.29) is 0 Å². The van der Waals surface area contributed by atoms with Crippen molar-refractivity contribution in [3.8, 4) is 0 Å². The maximum absolute atomic E-state index is 3.99. The molecule has 0 unspecified atom stereocenters. The highest BCUT2D eigenvalue weighted by Crippen LogP contribution is 2.13. The molecule has 66 valence electrons. The number of aryl methyl sites for hydroxylation is 1. The van der Waals surface area contributed by atoms with Gasteiger partial charge in [0.2, 0.25) is 0 Å². The van der Waals surface area contributed by atoms with E-state index in [0.717, 1.165) is 5.57 Å². The molecule has 0 aliphatic heterocycles. The molecule has 12 heavy (non-hydrogen) atoms. The predicted molar refractivity (Wildman–Crippen MR) is 55.0 cm³/mol. The highest BCUT2D eigenvalue weighted by molar-refractivity contribution is 5.63. The molecule has 0 atom stereocenters. The molecule has 0 aliphatic carbocycles. The van der Waals surface area contributed by atoms with Crippen LogP contribution in [0.25, 0.3) is 5.57 Å². The van der Waals surface area contributed by atoms with Gasteiger partial charge in [-0.25, -0.2) is 0 Å². The third-order valence-corrected chi connectivity index (χ3v) is 1.48. The van der Waals surface area contributed by atoms with E-state index in [4.69, 9.17) is 0 Å². The minimum Gasteiger partial charge on any atom is -0.264 e. The smallest absolute Gasteiger partial charge is 0.0303 e. The standard InChI is InChI=1S/C9H11N.C2H6/c1-7(2)9-4-5-10-6-8(9)3;1-2/h4-6H,1H2,2-3H3;1-2H3. The van der Waals surface area contributed by atoms with Crippen molar-refractivity contribution < 1.29 is 0 Å². The maximum atomic E-state index is 3.99. The number of aromatic nitrogens is 1. The van der Waals surface area contributed by atoms with Crippen molar-refractivity contribution in [1.29, 1.82) is 0 Å². The minimum atomic E-state index is 1.10. The van der Waals surface area contributed by atoms with Gasteiger partial charge in [-0.1, -0.05) is 26.0 Å². The second-order valence-electron chi connectivity index (χ2n) is 2.47. The summed E-state index contributed by atoms with van der Waals surface area (Å²) in [7, 11) is 0. The predicted octanol–water partition coefficient (Wildman–Crippen LogP) is 3.45. The largest absolute Gasteiger partial charge is 0.264 e. The molecule has 1 rings (SSSR count). The number of allylic oxidation sites excluding steroid dienone is 1. The molecular weight excluding hydrogens is 146 g/mol. The summed E-state index contributed by atoms with van der Waals surface area (Å²) in [6.45, 7) is 11.9. The van der Waals surface area contributed by atoms with Crippen molar-refractivity contribution in [2.45, 2.75) is 27.7 Å². The number of hydrogen-bond donors (Lipinski definition) is 0. The van der Waals surface area contributed by atoms with Crippen LogP contribution in [0.3, 0.4) is 0 Å². The van der Waals surface area contributed by atoms with Crippen molar-refractivity contribution in [1.82, 2.24) is 4.98 Å². The Morgan fingerprint density at radius 1 is 1.42 bits per heavy atom. The molecule has 1 heterocycles. The monoisotopic (exact) mass is 163 g/mol. The average molecular weight is 163 g/mol. The normalized spacial score (nSPS) is 8.33. The molecule has 1 heteroatoms. The second kappa shape index (κ2) is 5.53. The summed E-state index contributed by atoms with van der Waals surface area (Å²) in [4.78, 5) is 3.99. The fourth-order valence-electron chi connectivity index (χ4n) is 0.952. The summed E-state index contributed by atoms with van der Waals surface area (Å²) in [5, 5.41) is 0. The molecule has 0 aromatic carbocycles. The Balaban J connectivity index is 0.000000561. The average Bonchev–Trinajstić information content (AvgIpc) is 2.08. The zero-order valence-electron chi connectivity index (χ0n) is 8.39. The van der Waals surface area contributed by atoms with Gasteiger partial charge in [0.1, 0.15) is 0 Å². The Kier molecular flexibility index (Phi) is 5.02. The summed E-state index contributed by atoms with van der Waals surface area (Å²) in [6, 6.07) is 1.98. The number of nitrogens with zero attached hydrogens (tertiary/aromatic N) is 1. The summed E-state index contributed by atoms with van der Waals surface area (Å²) in [6.07, 6.45) is 3.64. The molecule has 0 N–H and O–H groups in total. The van der Waals surface area contributed by atoms with Crippen LogP contribution in [0.5, 0.6) is 0 Å². The Bertz CT molecular complexity index is 251. The molecule has 0 amide bonds. The summed E-state index contributed by atoms with van der Waals surface area (Å²) >= 11 is 0. The van der Waals surface area contributed by atoms with Gasteiger partial charge in [-0.2, -0.15) is 0 Å². The summed E-state index contributed by atoms with van der Waals surface area (Å²) in [5.41, 5.74) is 3.49. The quantitative estimate of drug-likeness (QED) is 0.618. The van der Waals surface area contributed by atoms with Crippen LogP contribution < -0.4 is 0 Å². The fourth-order valence-corrected chi connectivity index (χ4v) is 0.952. The Morgan fingerprint density at radius 2 is 2.00 bits per heavy atom. The van der Waals surface area contributed by atoms with Crippen molar-refractivity contribution in [3.63, 3.8) is 0 Å². The van der Waals surface area contributed by atoms with E-state index >= 15 is 0 Å². The first kappa shape index (κ1) is 10.9. The van der Waals surface area contributed by atoms with E-state index in [0.29, 0.717) is 0 Å². The van der Waals surface area contributed by atoms with Crippen LogP contribution in [0.2, 0.25) is 0 Å². The molecule has 1 aromatic heterocycles. The van der Waals surface area contributed by atoms with Crippen molar-refractivity contribution in [2.75, 3.05) is 0 Å². The van der Waals surface area contributed by atoms with Gasteiger partial charge in [0.05, 0.1) is 0 Å². The highest BCUT2D eigenvalue weighted by Gasteiger charge is 1.95. The lowest BCUT2D eigenvalue weighted by molar-refractivity contribution is 1.25. The first-order chi connectivity index (χ1) is 5.72. The van der Waals surface area contributed by atoms with Crippen LogP contribution >= 0.6 is 0 Å². The molecule has 0 spiro atoms. The van der Waals surface area contributed by atoms with E-state index < -0.39 is 0 Å². The van der Waals surface area contributed by atoms with Gasteiger partial charge in [-0.05, 0) is 31.0 Å². The molecular formula is C11H17N. The first-order valence-corrected chi connectivity index (χ1v) is 4.28. The van der Waals surface area contributed by atoms with Crippen LogP contribution in [-0.2, 0) is 0 Å². The summed E-state index contributed by atoms with van der Waals surface area (Å²) in [5.74, 6) is 0. The van der Waals surface area contributed by atoms with E-state index in [2.05, 4.69) is 11.6 Å². The van der Waals surface area contributed by atoms with Crippen molar-refractivity contribution in [2.24, 2.45) is 0 Å². The van der Waals surface area contributed by atoms with E-state index in [1.165, 1.54) is 11.1 Å². The van der Waals surface area contributed by atoms with Crippen LogP contribution in [0, 0.1) is 6.92 Å². The number of rotatable bonds is 1. The zero-order valence-corrected chi connectivity index (χ0v) is 8.39. The molecule has 0 saturated carbocycles.